The van der Waals surface area contributed by atoms with Gasteiger partial charge in [-0.25, -0.2) is 5.01 Å². The molecule has 0 unspecified atom stereocenters. The average molecular weight is 356 g/mol. The highest BCUT2D eigenvalue weighted by atomic mass is 16.5. The second-order valence-electron chi connectivity index (χ2n) is 6.79. The summed E-state index contributed by atoms with van der Waals surface area (Å²) in [5.41, 5.74) is 4.52. The standard InChI is InChI=1S/C23H20N2O2/c1-26-18-13-11-17(12-14-18)23-25-21(19-9-5-6-10-22(19)27-23)15-20(24-25)16-7-3-2-4-8-16/h2-14,21,23H,15H2,1H3/t21-,23-/m1/s1. The largest absolute Gasteiger partial charge is 0.497 e. The van der Waals surface area contributed by atoms with E-state index >= 15 is 0 Å². The molecule has 0 aliphatic carbocycles. The van der Waals surface area contributed by atoms with Crippen molar-refractivity contribution in [1.29, 1.82) is 0 Å². The predicted octanol–water partition coefficient (Wildman–Crippen LogP) is 4.94. The first-order valence-corrected chi connectivity index (χ1v) is 9.14. The van der Waals surface area contributed by atoms with Gasteiger partial charge in [0, 0.05) is 17.5 Å². The van der Waals surface area contributed by atoms with Gasteiger partial charge in [0.15, 0.2) is 0 Å². The maximum absolute atomic E-state index is 6.37. The number of fused-ring (bicyclic) bond motifs is 3. The van der Waals surface area contributed by atoms with Gasteiger partial charge in [0.25, 0.3) is 0 Å². The van der Waals surface area contributed by atoms with E-state index in [-0.39, 0.29) is 12.3 Å². The summed E-state index contributed by atoms with van der Waals surface area (Å²) in [5, 5.41) is 7.08. The zero-order valence-corrected chi connectivity index (χ0v) is 15.1. The van der Waals surface area contributed by atoms with Gasteiger partial charge in [0.05, 0.1) is 18.9 Å². The quantitative estimate of drug-likeness (QED) is 0.667. The smallest absolute Gasteiger partial charge is 0.213 e. The number of hydrazone groups is 1. The Bertz CT molecular complexity index is 983. The van der Waals surface area contributed by atoms with Crippen molar-refractivity contribution in [2.75, 3.05) is 7.11 Å². The first-order valence-electron chi connectivity index (χ1n) is 9.14. The van der Waals surface area contributed by atoms with Crippen molar-refractivity contribution in [2.45, 2.75) is 18.7 Å². The fourth-order valence-electron chi connectivity index (χ4n) is 3.83. The van der Waals surface area contributed by atoms with Gasteiger partial charge in [-0.2, -0.15) is 5.10 Å². The van der Waals surface area contributed by atoms with Crippen LogP contribution in [-0.4, -0.2) is 17.8 Å². The van der Waals surface area contributed by atoms with Crippen LogP contribution in [0.5, 0.6) is 11.5 Å². The molecule has 4 nitrogen and oxygen atoms in total. The van der Waals surface area contributed by atoms with Gasteiger partial charge in [0.1, 0.15) is 11.5 Å². The summed E-state index contributed by atoms with van der Waals surface area (Å²) in [6, 6.07) is 26.8. The molecule has 0 spiro atoms. The number of nitrogens with zero attached hydrogens (tertiary/aromatic N) is 2. The van der Waals surface area contributed by atoms with Crippen LogP contribution in [0.1, 0.15) is 35.4 Å². The van der Waals surface area contributed by atoms with Crippen LogP contribution in [0.25, 0.3) is 0 Å². The van der Waals surface area contributed by atoms with Crippen LogP contribution < -0.4 is 9.47 Å². The van der Waals surface area contributed by atoms with Crippen molar-refractivity contribution in [3.63, 3.8) is 0 Å². The lowest BCUT2D eigenvalue weighted by molar-refractivity contribution is -0.0190. The lowest BCUT2D eigenvalue weighted by Gasteiger charge is -2.38. The highest BCUT2D eigenvalue weighted by Crippen LogP contribution is 2.47. The normalized spacial score (nSPS) is 20.3. The van der Waals surface area contributed by atoms with Crippen LogP contribution in [0.15, 0.2) is 84.0 Å². The fraction of sp³-hybridized carbons (Fsp3) is 0.174. The molecule has 3 aromatic carbocycles. The Morgan fingerprint density at radius 2 is 1.67 bits per heavy atom. The van der Waals surface area contributed by atoms with Gasteiger partial charge in [-0.1, -0.05) is 48.5 Å². The van der Waals surface area contributed by atoms with Gasteiger partial charge in [-0.15, -0.1) is 0 Å². The Hall–Kier alpha value is -3.27. The molecule has 2 atom stereocenters. The first kappa shape index (κ1) is 15.9. The SMILES string of the molecule is COc1ccc([C@H]2Oc3ccccc3[C@H]3CC(c4ccccc4)=NN32)cc1. The summed E-state index contributed by atoms with van der Waals surface area (Å²) in [5.74, 6) is 1.77. The molecule has 27 heavy (non-hydrogen) atoms. The van der Waals surface area contributed by atoms with Crippen LogP contribution in [0.4, 0.5) is 0 Å². The van der Waals surface area contributed by atoms with E-state index < -0.39 is 0 Å². The maximum Gasteiger partial charge on any atom is 0.213 e. The van der Waals surface area contributed by atoms with Crippen molar-refractivity contribution < 1.29 is 9.47 Å². The number of rotatable bonds is 3. The summed E-state index contributed by atoms with van der Waals surface area (Å²) >= 11 is 0. The lowest BCUT2D eigenvalue weighted by Crippen LogP contribution is -2.33. The molecule has 2 aliphatic rings. The van der Waals surface area contributed by atoms with E-state index in [1.807, 2.05) is 42.5 Å². The highest BCUT2D eigenvalue weighted by molar-refractivity contribution is 6.01. The molecule has 0 aromatic heterocycles. The lowest BCUT2D eigenvalue weighted by atomic mass is 9.96. The minimum Gasteiger partial charge on any atom is -0.497 e. The number of para-hydroxylation sites is 1. The van der Waals surface area contributed by atoms with Crippen LogP contribution in [-0.2, 0) is 0 Å². The highest BCUT2D eigenvalue weighted by Gasteiger charge is 2.40. The number of ether oxygens (including phenoxy) is 2. The third-order valence-electron chi connectivity index (χ3n) is 5.21. The van der Waals surface area contributed by atoms with Crippen LogP contribution in [0.3, 0.4) is 0 Å². The van der Waals surface area contributed by atoms with E-state index in [0.29, 0.717) is 0 Å². The van der Waals surface area contributed by atoms with E-state index in [4.69, 9.17) is 14.6 Å². The van der Waals surface area contributed by atoms with Crippen LogP contribution in [0, 0.1) is 0 Å². The molecule has 0 saturated carbocycles. The molecule has 134 valence electrons. The third kappa shape index (κ3) is 2.74. The van der Waals surface area contributed by atoms with Gasteiger partial charge < -0.3 is 9.47 Å². The Labute approximate surface area is 158 Å². The zero-order valence-electron chi connectivity index (χ0n) is 15.1. The fourth-order valence-corrected chi connectivity index (χ4v) is 3.83. The number of hydrogen-bond acceptors (Lipinski definition) is 4. The molecular formula is C23H20N2O2. The summed E-state index contributed by atoms with van der Waals surface area (Å²) < 4.78 is 11.7. The predicted molar refractivity (Wildman–Crippen MR) is 105 cm³/mol. The minimum absolute atomic E-state index is 0.178. The summed E-state index contributed by atoms with van der Waals surface area (Å²) in [6.07, 6.45) is 0.619. The Balaban J connectivity index is 1.57. The maximum atomic E-state index is 6.37. The van der Waals surface area contributed by atoms with E-state index in [2.05, 4.69) is 41.4 Å². The summed E-state index contributed by atoms with van der Waals surface area (Å²) in [4.78, 5) is 0. The van der Waals surface area contributed by atoms with Crippen molar-refractivity contribution in [1.82, 2.24) is 5.01 Å². The summed E-state index contributed by atoms with van der Waals surface area (Å²) in [7, 11) is 1.68. The molecule has 0 amide bonds. The molecule has 0 saturated heterocycles. The third-order valence-corrected chi connectivity index (χ3v) is 5.21. The first-order chi connectivity index (χ1) is 13.3. The van der Waals surface area contributed by atoms with Crippen molar-refractivity contribution in [2.24, 2.45) is 5.10 Å². The number of methoxy groups -OCH3 is 1. The Morgan fingerprint density at radius 3 is 2.44 bits per heavy atom. The second kappa shape index (κ2) is 6.47. The van der Waals surface area contributed by atoms with Crippen molar-refractivity contribution >= 4 is 5.71 Å². The van der Waals surface area contributed by atoms with Gasteiger partial charge in [-0.05, 0) is 35.9 Å². The van der Waals surface area contributed by atoms with Crippen molar-refractivity contribution in [3.05, 3.63) is 95.6 Å². The van der Waals surface area contributed by atoms with Gasteiger partial charge in [0.2, 0.25) is 6.23 Å². The van der Waals surface area contributed by atoms with Crippen LogP contribution in [0.2, 0.25) is 0 Å². The van der Waals surface area contributed by atoms with E-state index in [9.17, 15) is 0 Å². The monoisotopic (exact) mass is 356 g/mol. The van der Waals surface area contributed by atoms with E-state index in [1.54, 1.807) is 7.11 Å². The Kier molecular flexibility index (Phi) is 3.82. The number of hydrogen-bond donors (Lipinski definition) is 0. The van der Waals surface area contributed by atoms with Crippen molar-refractivity contribution in [3.8, 4) is 11.5 Å². The van der Waals surface area contributed by atoms with Gasteiger partial charge in [-0.3, -0.25) is 0 Å². The molecule has 2 heterocycles. The molecule has 3 aromatic rings. The topological polar surface area (TPSA) is 34.1 Å². The molecule has 0 fully saturated rings. The Morgan fingerprint density at radius 1 is 0.926 bits per heavy atom. The molecule has 0 bridgehead atoms. The molecular weight excluding hydrogens is 336 g/mol. The average Bonchev–Trinajstić information content (AvgIpc) is 3.20. The molecule has 5 rings (SSSR count). The number of benzene rings is 3. The molecule has 0 radical (unpaired) electrons. The molecule has 4 heteroatoms. The summed E-state index contributed by atoms with van der Waals surface area (Å²) in [6.45, 7) is 0. The van der Waals surface area contributed by atoms with E-state index in [0.717, 1.165) is 34.8 Å². The minimum atomic E-state index is -0.253. The van der Waals surface area contributed by atoms with Crippen LogP contribution >= 0.6 is 0 Å². The second-order valence-corrected chi connectivity index (χ2v) is 6.79. The molecule has 2 aliphatic heterocycles. The van der Waals surface area contributed by atoms with E-state index in [1.165, 1.54) is 5.56 Å². The van der Waals surface area contributed by atoms with Gasteiger partial charge >= 0.3 is 0 Å². The zero-order chi connectivity index (χ0) is 18.2. The molecule has 0 N–H and O–H groups in total.